The van der Waals surface area contributed by atoms with E-state index in [0.717, 1.165) is 23.7 Å². The molecule has 0 aromatic carbocycles. The lowest BCUT2D eigenvalue weighted by molar-refractivity contribution is -0.266. The third-order valence-corrected chi connectivity index (χ3v) is 8.04. The van der Waals surface area contributed by atoms with Gasteiger partial charge in [-0.1, -0.05) is 24.3 Å². The van der Waals surface area contributed by atoms with Crippen LogP contribution in [0.25, 0.3) is 0 Å². The van der Waals surface area contributed by atoms with Gasteiger partial charge in [0, 0.05) is 21.7 Å². The van der Waals surface area contributed by atoms with Crippen LogP contribution in [0.1, 0.15) is 12.8 Å². The molecule has 0 radical (unpaired) electrons. The van der Waals surface area contributed by atoms with E-state index in [1.807, 2.05) is 0 Å². The van der Waals surface area contributed by atoms with Gasteiger partial charge in [0.15, 0.2) is 0 Å². The van der Waals surface area contributed by atoms with E-state index in [2.05, 4.69) is 50.6 Å². The second-order valence-corrected chi connectivity index (χ2v) is 7.43. The molecule has 4 atom stereocenters. The van der Waals surface area contributed by atoms with Gasteiger partial charge >= 0.3 is 0 Å². The summed E-state index contributed by atoms with van der Waals surface area (Å²) in [6.07, 6.45) is 11.6. The average molecular weight is 236 g/mol. The highest BCUT2D eigenvalue weighted by Gasteiger charge is 3.00. The second-order valence-electron chi connectivity index (χ2n) is 7.43. The Morgan fingerprint density at radius 3 is 0.944 bits per heavy atom. The molecule has 0 aliphatic heterocycles. The highest BCUT2D eigenvalue weighted by atomic mass is 15.0. The summed E-state index contributed by atoms with van der Waals surface area (Å²) >= 11 is 0. The average Bonchev–Trinajstić information content (AvgIpc) is 3.16. The van der Waals surface area contributed by atoms with Crippen LogP contribution < -0.4 is 0 Å². The Morgan fingerprint density at radius 2 is 0.778 bits per heavy atom. The van der Waals surface area contributed by atoms with Crippen molar-refractivity contribution in [3.05, 3.63) is 50.6 Å². The van der Waals surface area contributed by atoms with Crippen molar-refractivity contribution in [3.63, 3.8) is 0 Å². The third kappa shape index (κ3) is 0.492. The highest BCUT2D eigenvalue weighted by Crippen LogP contribution is 3.04. The predicted octanol–water partition coefficient (Wildman–Crippen LogP) is 3.99. The molecule has 5 fully saturated rings. The first-order valence-corrected chi connectivity index (χ1v) is 7.19. The van der Waals surface area contributed by atoms with Gasteiger partial charge in [-0.25, -0.2) is 0 Å². The fourth-order valence-corrected chi connectivity index (χ4v) is 7.30. The number of rotatable bonds is 4. The van der Waals surface area contributed by atoms with E-state index in [1.165, 1.54) is 12.8 Å². The SMILES string of the molecule is C=CC12CC1(C=C)C1C2C2C1C1(C=C)CC21C=C. The van der Waals surface area contributed by atoms with Crippen LogP contribution in [0, 0.1) is 45.3 Å². The Morgan fingerprint density at radius 1 is 0.556 bits per heavy atom. The Hall–Kier alpha value is -1.04. The van der Waals surface area contributed by atoms with E-state index in [9.17, 15) is 0 Å². The monoisotopic (exact) mass is 236 g/mol. The fraction of sp³-hybridized carbons (Fsp3) is 0.556. The zero-order valence-electron chi connectivity index (χ0n) is 10.9. The van der Waals surface area contributed by atoms with Crippen molar-refractivity contribution in [3.8, 4) is 0 Å². The van der Waals surface area contributed by atoms with Crippen molar-refractivity contribution < 1.29 is 0 Å². The van der Waals surface area contributed by atoms with Crippen LogP contribution in [0.4, 0.5) is 0 Å². The van der Waals surface area contributed by atoms with Crippen molar-refractivity contribution in [1.29, 1.82) is 0 Å². The third-order valence-electron chi connectivity index (χ3n) is 8.04. The molecule has 0 N–H and O–H groups in total. The minimum absolute atomic E-state index is 0.423. The maximum absolute atomic E-state index is 4.12. The first-order chi connectivity index (χ1) is 8.64. The molecule has 92 valence electrons. The van der Waals surface area contributed by atoms with Crippen LogP contribution in [-0.2, 0) is 0 Å². The van der Waals surface area contributed by atoms with E-state index in [4.69, 9.17) is 0 Å². The minimum Gasteiger partial charge on any atom is -0.102 e. The molecule has 4 unspecified atom stereocenters. The van der Waals surface area contributed by atoms with Crippen LogP contribution in [-0.4, -0.2) is 0 Å². The smallest absolute Gasteiger partial charge is 0.00161 e. The molecule has 5 aliphatic carbocycles. The molecule has 5 saturated carbocycles. The summed E-state index contributed by atoms with van der Waals surface area (Å²) < 4.78 is 0. The predicted molar refractivity (Wildman–Crippen MR) is 73.7 cm³/mol. The molecular formula is C18H20. The van der Waals surface area contributed by atoms with Crippen molar-refractivity contribution in [2.24, 2.45) is 45.3 Å². The number of fused-ring (bicyclic) bond motifs is 10. The van der Waals surface area contributed by atoms with Gasteiger partial charge in [0.1, 0.15) is 0 Å². The van der Waals surface area contributed by atoms with Gasteiger partial charge in [-0.05, 0) is 36.5 Å². The van der Waals surface area contributed by atoms with E-state index >= 15 is 0 Å². The fourth-order valence-electron chi connectivity index (χ4n) is 7.30. The van der Waals surface area contributed by atoms with Crippen molar-refractivity contribution in [1.82, 2.24) is 0 Å². The zero-order valence-corrected chi connectivity index (χ0v) is 10.9. The van der Waals surface area contributed by atoms with Crippen LogP contribution in [0.3, 0.4) is 0 Å². The van der Waals surface area contributed by atoms with E-state index in [1.54, 1.807) is 0 Å². The molecule has 0 saturated heterocycles. The summed E-state index contributed by atoms with van der Waals surface area (Å²) in [5.74, 6) is 3.52. The van der Waals surface area contributed by atoms with Gasteiger partial charge in [-0.3, -0.25) is 0 Å². The van der Waals surface area contributed by atoms with Gasteiger partial charge < -0.3 is 0 Å². The lowest BCUT2D eigenvalue weighted by Crippen LogP contribution is -2.73. The zero-order chi connectivity index (χ0) is 12.6. The molecule has 0 heteroatoms. The van der Waals surface area contributed by atoms with Gasteiger partial charge in [0.05, 0.1) is 0 Å². The summed E-state index contributed by atoms with van der Waals surface area (Å²) in [7, 11) is 0. The molecule has 0 bridgehead atoms. The first-order valence-electron chi connectivity index (χ1n) is 7.19. The number of allylic oxidation sites excluding steroid dienone is 4. The summed E-state index contributed by atoms with van der Waals surface area (Å²) in [4.78, 5) is 0. The molecule has 0 aromatic rings. The largest absolute Gasteiger partial charge is 0.102 e. The van der Waals surface area contributed by atoms with Gasteiger partial charge in [0.2, 0.25) is 0 Å². The van der Waals surface area contributed by atoms with Gasteiger partial charge in [-0.15, -0.1) is 26.3 Å². The van der Waals surface area contributed by atoms with Crippen LogP contribution in [0.15, 0.2) is 50.6 Å². The molecule has 0 nitrogen and oxygen atoms in total. The van der Waals surface area contributed by atoms with Crippen molar-refractivity contribution >= 4 is 0 Å². The normalized spacial score (nSPS) is 71.6. The summed E-state index contributed by atoms with van der Waals surface area (Å²) in [6.45, 7) is 16.5. The molecule has 5 aliphatic rings. The molecule has 0 amide bonds. The highest BCUT2D eigenvalue weighted by molar-refractivity contribution is 5.56. The summed E-state index contributed by atoms with van der Waals surface area (Å²) in [5.41, 5.74) is 1.69. The Labute approximate surface area is 109 Å². The standard InChI is InChI=1S/C18H20/c1-5-15-9-16(15,6-2)12-11(15)13-14(12)18(8-4)10-17(13,18)7-3/h5-8,11-14H,1-4,9-10H2. The van der Waals surface area contributed by atoms with E-state index < -0.39 is 0 Å². The summed E-state index contributed by atoms with van der Waals surface area (Å²) in [5, 5.41) is 0. The van der Waals surface area contributed by atoms with Crippen molar-refractivity contribution in [2.75, 3.05) is 0 Å². The summed E-state index contributed by atoms with van der Waals surface area (Å²) in [6, 6.07) is 0. The molecule has 0 aromatic heterocycles. The maximum atomic E-state index is 4.12. The van der Waals surface area contributed by atoms with E-state index in [-0.39, 0.29) is 0 Å². The quantitative estimate of drug-likeness (QED) is 0.511. The Balaban J connectivity index is 1.61. The maximum Gasteiger partial charge on any atom is 0.00161 e. The van der Waals surface area contributed by atoms with E-state index in [0.29, 0.717) is 21.7 Å². The minimum atomic E-state index is 0.423. The van der Waals surface area contributed by atoms with Gasteiger partial charge in [0.25, 0.3) is 0 Å². The molecule has 0 spiro atoms. The van der Waals surface area contributed by atoms with Crippen molar-refractivity contribution in [2.45, 2.75) is 12.8 Å². The lowest BCUT2D eigenvalue weighted by atomic mass is 9.27. The topological polar surface area (TPSA) is 0 Å². The van der Waals surface area contributed by atoms with Crippen LogP contribution in [0.5, 0.6) is 0 Å². The molecule has 18 heavy (non-hydrogen) atoms. The Bertz CT molecular complexity index is 450. The number of hydrogen-bond acceptors (Lipinski definition) is 0. The number of hydrogen-bond donors (Lipinski definition) is 0. The molecular weight excluding hydrogens is 216 g/mol. The second kappa shape index (κ2) is 2.13. The molecule has 0 heterocycles. The lowest BCUT2D eigenvalue weighted by Gasteiger charge is -2.76. The van der Waals surface area contributed by atoms with Crippen LogP contribution in [0.2, 0.25) is 0 Å². The Kier molecular flexibility index (Phi) is 1.16. The van der Waals surface area contributed by atoms with Crippen LogP contribution >= 0.6 is 0 Å². The van der Waals surface area contributed by atoms with Gasteiger partial charge in [-0.2, -0.15) is 0 Å². The first kappa shape index (κ1) is 9.83. The molecule has 5 rings (SSSR count).